The highest BCUT2D eigenvalue weighted by atomic mass is 16.6. The van der Waals surface area contributed by atoms with Crippen molar-refractivity contribution < 1.29 is 38.2 Å². The molecule has 284 valence electrons. The number of carbonyl (C=O) groups is 3. The first-order valence-electron chi connectivity index (χ1n) is 20.1. The van der Waals surface area contributed by atoms with Gasteiger partial charge < -0.3 is 23.8 Å². The highest BCUT2D eigenvalue weighted by molar-refractivity contribution is 5.72. The summed E-state index contributed by atoms with van der Waals surface area (Å²) in [7, 11) is 5.52. The van der Waals surface area contributed by atoms with E-state index in [1.165, 1.54) is 116 Å². The van der Waals surface area contributed by atoms with E-state index in [1.807, 2.05) is 21.1 Å². The van der Waals surface area contributed by atoms with Crippen molar-refractivity contribution in [2.45, 2.75) is 199 Å². The molecule has 0 spiro atoms. The van der Waals surface area contributed by atoms with Crippen LogP contribution in [0.3, 0.4) is 0 Å². The molecule has 0 fully saturated rings. The Hall–Kier alpha value is -1.67. The second kappa shape index (κ2) is 32.5. The molecule has 2 unspecified atom stereocenters. The van der Waals surface area contributed by atoms with Crippen LogP contribution in [-0.4, -0.2) is 80.6 Å². The van der Waals surface area contributed by atoms with Crippen LogP contribution in [0.15, 0.2) is 0 Å². The number of quaternary nitrogens is 1. The Morgan fingerprint density at radius 2 is 0.917 bits per heavy atom. The largest absolute Gasteiger partial charge is 0.477 e. The van der Waals surface area contributed by atoms with Crippen molar-refractivity contribution in [1.82, 2.24) is 0 Å². The molecular formula is C40H78NO7+. The third kappa shape index (κ3) is 30.4. The monoisotopic (exact) mass is 685 g/mol. The summed E-state index contributed by atoms with van der Waals surface area (Å²) >= 11 is 0. The van der Waals surface area contributed by atoms with E-state index in [0.29, 0.717) is 19.3 Å². The van der Waals surface area contributed by atoms with E-state index in [2.05, 4.69) is 13.8 Å². The number of aliphatic carboxylic acids is 1. The number of carboxylic acid groups (broad SMARTS) is 1. The summed E-state index contributed by atoms with van der Waals surface area (Å²) in [5.74, 6) is -1.46. The van der Waals surface area contributed by atoms with Crippen LogP contribution in [0.25, 0.3) is 0 Å². The van der Waals surface area contributed by atoms with Gasteiger partial charge >= 0.3 is 17.9 Å². The number of carboxylic acids is 1. The van der Waals surface area contributed by atoms with Crippen molar-refractivity contribution in [2.24, 2.45) is 0 Å². The smallest absolute Gasteiger partial charge is 0.362 e. The maximum Gasteiger partial charge on any atom is 0.362 e. The standard InChI is InChI=1S/C40H77NO7/c1-6-8-10-12-14-15-16-17-18-19-20-21-22-23-25-27-29-31-39(43)48-36(34-46-33-32-37(40(44)45)41(3,4)5)35-47-38(42)30-28-26-24-13-11-9-7-2/h36-37H,6-35H2,1-5H3/p+1. The predicted octanol–water partition coefficient (Wildman–Crippen LogP) is 10.2. The molecule has 0 aromatic rings. The van der Waals surface area contributed by atoms with E-state index in [1.54, 1.807) is 0 Å². The van der Waals surface area contributed by atoms with Gasteiger partial charge in [-0.25, -0.2) is 4.79 Å². The number of hydrogen-bond donors (Lipinski definition) is 1. The lowest BCUT2D eigenvalue weighted by molar-refractivity contribution is -0.887. The van der Waals surface area contributed by atoms with Gasteiger partial charge in [-0.1, -0.05) is 155 Å². The highest BCUT2D eigenvalue weighted by Gasteiger charge is 2.31. The summed E-state index contributed by atoms with van der Waals surface area (Å²) in [5, 5.41) is 9.57. The first-order valence-corrected chi connectivity index (χ1v) is 20.1. The maximum atomic E-state index is 12.6. The molecule has 0 aromatic heterocycles. The molecule has 0 radical (unpaired) electrons. The number of hydrogen-bond acceptors (Lipinski definition) is 6. The Kier molecular flexibility index (Phi) is 31.4. The lowest BCUT2D eigenvalue weighted by Crippen LogP contribution is -2.50. The maximum absolute atomic E-state index is 12.6. The number of unbranched alkanes of at least 4 members (excludes halogenated alkanes) is 22. The summed E-state index contributed by atoms with van der Waals surface area (Å²) in [6.45, 7) is 4.71. The average molecular weight is 685 g/mol. The third-order valence-corrected chi connectivity index (χ3v) is 9.26. The Balaban J connectivity index is 4.26. The molecule has 0 aliphatic rings. The molecule has 8 nitrogen and oxygen atoms in total. The SMILES string of the molecule is CCCCCCCCCCCCCCCCCCCC(=O)OC(COCCC(C(=O)O)[N+](C)(C)C)COC(=O)CCCCCCCCC. The van der Waals surface area contributed by atoms with E-state index >= 15 is 0 Å². The van der Waals surface area contributed by atoms with Crippen molar-refractivity contribution in [3.05, 3.63) is 0 Å². The molecule has 0 saturated heterocycles. The molecule has 0 aliphatic heterocycles. The molecule has 0 aliphatic carbocycles. The van der Waals surface area contributed by atoms with Gasteiger partial charge in [0.1, 0.15) is 6.61 Å². The van der Waals surface area contributed by atoms with Gasteiger partial charge in [-0.3, -0.25) is 9.59 Å². The Morgan fingerprint density at radius 3 is 1.29 bits per heavy atom. The van der Waals surface area contributed by atoms with Crippen LogP contribution in [-0.2, 0) is 28.6 Å². The zero-order valence-electron chi connectivity index (χ0n) is 32.2. The number of likely N-dealkylation sites (N-methyl/N-ethyl adjacent to an activating group) is 1. The topological polar surface area (TPSA) is 99.1 Å². The fraction of sp³-hybridized carbons (Fsp3) is 0.925. The van der Waals surface area contributed by atoms with Crippen LogP contribution < -0.4 is 0 Å². The van der Waals surface area contributed by atoms with Crippen LogP contribution in [0.4, 0.5) is 0 Å². The predicted molar refractivity (Wildman–Crippen MR) is 197 cm³/mol. The number of nitrogens with zero attached hydrogens (tertiary/aromatic N) is 1. The third-order valence-electron chi connectivity index (χ3n) is 9.26. The summed E-state index contributed by atoms with van der Waals surface area (Å²) in [6, 6.07) is -0.606. The molecule has 2 atom stereocenters. The fourth-order valence-corrected chi connectivity index (χ4v) is 6.09. The van der Waals surface area contributed by atoms with E-state index in [9.17, 15) is 19.5 Å². The van der Waals surface area contributed by atoms with E-state index < -0.39 is 18.1 Å². The van der Waals surface area contributed by atoms with Gasteiger partial charge in [0.15, 0.2) is 12.1 Å². The molecule has 0 bridgehead atoms. The summed E-state index contributed by atoms with van der Waals surface area (Å²) < 4.78 is 17.2. The Labute approximate surface area is 296 Å². The zero-order valence-corrected chi connectivity index (χ0v) is 32.2. The number of rotatable bonds is 36. The van der Waals surface area contributed by atoms with Crippen molar-refractivity contribution in [3.8, 4) is 0 Å². The minimum atomic E-state index is -0.873. The van der Waals surface area contributed by atoms with E-state index in [0.717, 1.165) is 38.5 Å². The number of esters is 2. The first kappa shape index (κ1) is 46.3. The van der Waals surface area contributed by atoms with Crippen LogP contribution in [0, 0.1) is 0 Å². The molecule has 0 amide bonds. The average Bonchev–Trinajstić information content (AvgIpc) is 3.03. The molecule has 0 saturated carbocycles. The van der Waals surface area contributed by atoms with E-state index in [-0.39, 0.29) is 36.2 Å². The van der Waals surface area contributed by atoms with Gasteiger partial charge in [-0.05, 0) is 12.8 Å². The first-order chi connectivity index (χ1) is 23.1. The number of ether oxygens (including phenoxy) is 3. The van der Waals surface area contributed by atoms with Gasteiger partial charge in [0.2, 0.25) is 0 Å². The van der Waals surface area contributed by atoms with Gasteiger partial charge in [0.05, 0.1) is 34.4 Å². The van der Waals surface area contributed by atoms with Crippen LogP contribution in [0.1, 0.15) is 187 Å². The minimum Gasteiger partial charge on any atom is -0.477 e. The molecule has 48 heavy (non-hydrogen) atoms. The van der Waals surface area contributed by atoms with Crippen LogP contribution in [0.2, 0.25) is 0 Å². The second-order valence-corrected chi connectivity index (χ2v) is 14.9. The van der Waals surface area contributed by atoms with Crippen LogP contribution >= 0.6 is 0 Å². The molecule has 0 heterocycles. The summed E-state index contributed by atoms with van der Waals surface area (Å²) in [5.41, 5.74) is 0. The zero-order chi connectivity index (χ0) is 35.7. The summed E-state index contributed by atoms with van der Waals surface area (Å²) in [4.78, 5) is 36.7. The molecule has 1 N–H and O–H groups in total. The Morgan fingerprint density at radius 1 is 0.542 bits per heavy atom. The van der Waals surface area contributed by atoms with Crippen molar-refractivity contribution in [3.63, 3.8) is 0 Å². The van der Waals surface area contributed by atoms with E-state index in [4.69, 9.17) is 14.2 Å². The molecule has 0 aromatic carbocycles. The lowest BCUT2D eigenvalue weighted by atomic mass is 10.0. The van der Waals surface area contributed by atoms with Crippen molar-refractivity contribution in [1.29, 1.82) is 0 Å². The summed E-state index contributed by atoms with van der Waals surface area (Å²) in [6.07, 6.45) is 30.1. The fourth-order valence-electron chi connectivity index (χ4n) is 6.09. The van der Waals surface area contributed by atoms with Gasteiger partial charge in [0, 0.05) is 19.3 Å². The van der Waals surface area contributed by atoms with Crippen molar-refractivity contribution >= 4 is 17.9 Å². The Bertz CT molecular complexity index is 767. The lowest BCUT2D eigenvalue weighted by Gasteiger charge is -2.31. The van der Waals surface area contributed by atoms with Crippen molar-refractivity contribution in [2.75, 3.05) is 41.0 Å². The second-order valence-electron chi connectivity index (χ2n) is 14.9. The normalized spacial score (nSPS) is 12.9. The van der Waals surface area contributed by atoms with Gasteiger partial charge in [0.25, 0.3) is 0 Å². The van der Waals surface area contributed by atoms with Gasteiger partial charge in [-0.15, -0.1) is 0 Å². The molecule has 8 heteroatoms. The van der Waals surface area contributed by atoms with Crippen LogP contribution in [0.5, 0.6) is 0 Å². The number of carbonyl (C=O) groups excluding carboxylic acids is 2. The highest BCUT2D eigenvalue weighted by Crippen LogP contribution is 2.15. The quantitative estimate of drug-likeness (QED) is 0.0398. The van der Waals surface area contributed by atoms with Gasteiger partial charge in [-0.2, -0.15) is 0 Å². The minimum absolute atomic E-state index is 0.0438. The molecule has 0 rings (SSSR count). The molecular weight excluding hydrogens is 606 g/mol.